The van der Waals surface area contributed by atoms with E-state index in [1.165, 1.54) is 47.0 Å². The molecule has 8 heteroatoms. The minimum Gasteiger partial charge on any atom is -0.298 e. The van der Waals surface area contributed by atoms with Crippen LogP contribution in [-0.2, 0) is 10.0 Å². The van der Waals surface area contributed by atoms with Crippen molar-refractivity contribution in [3.8, 4) is 0 Å². The van der Waals surface area contributed by atoms with Crippen LogP contribution in [0.3, 0.4) is 0 Å². The second-order valence-electron chi connectivity index (χ2n) is 8.11. The molecule has 0 radical (unpaired) electrons. The Hall–Kier alpha value is -2.29. The van der Waals surface area contributed by atoms with Crippen LogP contribution in [0.15, 0.2) is 59.5 Å². The maximum Gasteiger partial charge on any atom is 0.269 e. The summed E-state index contributed by atoms with van der Waals surface area (Å²) in [6.45, 7) is 2.37. The predicted octanol–water partition coefficient (Wildman–Crippen LogP) is 3.63. The summed E-state index contributed by atoms with van der Waals surface area (Å²) in [5.74, 6) is 0.631. The first-order chi connectivity index (χ1) is 14.4. The highest BCUT2D eigenvalue weighted by molar-refractivity contribution is 7.89. The lowest BCUT2D eigenvalue weighted by Crippen LogP contribution is -2.52. The smallest absolute Gasteiger partial charge is 0.269 e. The van der Waals surface area contributed by atoms with Crippen molar-refractivity contribution in [2.45, 2.75) is 42.5 Å². The van der Waals surface area contributed by atoms with Gasteiger partial charge in [0.2, 0.25) is 10.0 Å². The van der Waals surface area contributed by atoms with E-state index >= 15 is 0 Å². The van der Waals surface area contributed by atoms with Gasteiger partial charge in [-0.15, -0.1) is 0 Å². The van der Waals surface area contributed by atoms with Crippen molar-refractivity contribution in [1.29, 1.82) is 0 Å². The van der Waals surface area contributed by atoms with Gasteiger partial charge in [0.15, 0.2) is 0 Å². The van der Waals surface area contributed by atoms with E-state index in [1.807, 2.05) is 0 Å². The second-order valence-corrected chi connectivity index (χ2v) is 10.0. The van der Waals surface area contributed by atoms with Gasteiger partial charge in [-0.05, 0) is 49.3 Å². The molecule has 1 aliphatic carbocycles. The number of benzene rings is 2. The van der Waals surface area contributed by atoms with Crippen LogP contribution in [0.4, 0.5) is 5.69 Å². The molecule has 30 heavy (non-hydrogen) atoms. The third-order valence-electron chi connectivity index (χ3n) is 6.44. The van der Waals surface area contributed by atoms with E-state index in [2.05, 4.69) is 35.2 Å². The van der Waals surface area contributed by atoms with Crippen LogP contribution in [-0.4, -0.2) is 54.8 Å². The van der Waals surface area contributed by atoms with E-state index < -0.39 is 14.9 Å². The summed E-state index contributed by atoms with van der Waals surface area (Å²) in [4.78, 5) is 12.8. The molecule has 1 saturated carbocycles. The van der Waals surface area contributed by atoms with Gasteiger partial charge in [-0.25, -0.2) is 8.42 Å². The van der Waals surface area contributed by atoms with Crippen LogP contribution in [0.5, 0.6) is 0 Å². The Bertz CT molecular complexity index is 963. The summed E-state index contributed by atoms with van der Waals surface area (Å²) in [7, 11) is -3.62. The molecule has 0 aromatic heterocycles. The SMILES string of the molecule is O=[N+]([O-])c1ccc(S(=O)(=O)N2CCN(C3CCC(c4ccccc4)CC3)CC2)cc1. The Morgan fingerprint density at radius 3 is 2.00 bits per heavy atom. The summed E-state index contributed by atoms with van der Waals surface area (Å²) < 4.78 is 27.3. The average Bonchev–Trinajstić information content (AvgIpc) is 2.80. The van der Waals surface area contributed by atoms with Crippen LogP contribution in [0, 0.1) is 10.1 Å². The lowest BCUT2D eigenvalue weighted by Gasteiger charge is -2.41. The zero-order valence-electron chi connectivity index (χ0n) is 16.9. The molecule has 2 fully saturated rings. The average molecular weight is 430 g/mol. The summed E-state index contributed by atoms with van der Waals surface area (Å²) in [6, 6.07) is 16.4. The highest BCUT2D eigenvalue weighted by Crippen LogP contribution is 2.35. The quantitative estimate of drug-likeness (QED) is 0.535. The Labute approximate surface area is 177 Å². The number of hydrogen-bond acceptors (Lipinski definition) is 5. The van der Waals surface area contributed by atoms with Crippen LogP contribution in [0.2, 0.25) is 0 Å². The lowest BCUT2D eigenvalue weighted by molar-refractivity contribution is -0.384. The largest absolute Gasteiger partial charge is 0.298 e. The summed E-state index contributed by atoms with van der Waals surface area (Å²) in [5.41, 5.74) is 1.32. The number of non-ortho nitro benzene ring substituents is 1. The molecule has 160 valence electrons. The van der Waals surface area contributed by atoms with Gasteiger partial charge in [-0.1, -0.05) is 30.3 Å². The molecule has 0 N–H and O–H groups in total. The standard InChI is InChI=1S/C22H27N3O4S/c26-25(27)21-10-12-22(13-11-21)30(28,29)24-16-14-23(15-17-24)20-8-6-19(7-9-20)18-4-2-1-3-5-18/h1-5,10-13,19-20H,6-9,14-17H2. The third kappa shape index (κ3) is 4.40. The van der Waals surface area contributed by atoms with Crippen molar-refractivity contribution in [3.63, 3.8) is 0 Å². The number of piperazine rings is 1. The zero-order valence-corrected chi connectivity index (χ0v) is 17.7. The van der Waals surface area contributed by atoms with Gasteiger partial charge in [0.05, 0.1) is 9.82 Å². The molecule has 4 rings (SSSR count). The van der Waals surface area contributed by atoms with E-state index in [-0.39, 0.29) is 10.6 Å². The molecule has 1 heterocycles. The molecule has 0 amide bonds. The molecule has 0 unspecified atom stereocenters. The van der Waals surface area contributed by atoms with Crippen molar-refractivity contribution in [2.24, 2.45) is 0 Å². The molecule has 1 aliphatic heterocycles. The molecule has 0 spiro atoms. The normalized spacial score (nSPS) is 23.9. The maximum atomic E-state index is 12.9. The van der Waals surface area contributed by atoms with E-state index in [9.17, 15) is 18.5 Å². The van der Waals surface area contributed by atoms with Crippen LogP contribution < -0.4 is 0 Å². The first-order valence-electron chi connectivity index (χ1n) is 10.5. The fourth-order valence-electron chi connectivity index (χ4n) is 4.70. The number of sulfonamides is 1. The molecule has 7 nitrogen and oxygen atoms in total. The Balaban J connectivity index is 1.32. The van der Waals surface area contributed by atoms with E-state index in [1.54, 1.807) is 0 Å². The maximum absolute atomic E-state index is 12.9. The zero-order chi connectivity index (χ0) is 21.1. The second kappa shape index (κ2) is 8.83. The van der Waals surface area contributed by atoms with Crippen molar-refractivity contribution >= 4 is 15.7 Å². The van der Waals surface area contributed by atoms with Crippen molar-refractivity contribution in [3.05, 3.63) is 70.3 Å². The molecular weight excluding hydrogens is 402 g/mol. The number of nitro groups is 1. The predicted molar refractivity (Wildman–Crippen MR) is 115 cm³/mol. The number of nitro benzene ring substituents is 1. The van der Waals surface area contributed by atoms with Gasteiger partial charge in [-0.3, -0.25) is 15.0 Å². The van der Waals surface area contributed by atoms with Gasteiger partial charge < -0.3 is 0 Å². The van der Waals surface area contributed by atoms with Crippen molar-refractivity contribution < 1.29 is 13.3 Å². The van der Waals surface area contributed by atoms with Gasteiger partial charge in [-0.2, -0.15) is 4.31 Å². The Morgan fingerprint density at radius 2 is 1.43 bits per heavy atom. The lowest BCUT2D eigenvalue weighted by atomic mass is 9.81. The Morgan fingerprint density at radius 1 is 0.833 bits per heavy atom. The van der Waals surface area contributed by atoms with Crippen LogP contribution >= 0.6 is 0 Å². The molecule has 0 atom stereocenters. The summed E-state index contributed by atoms with van der Waals surface area (Å²) in [5, 5.41) is 10.8. The van der Waals surface area contributed by atoms with Crippen LogP contribution in [0.1, 0.15) is 37.2 Å². The molecule has 2 aromatic rings. The van der Waals surface area contributed by atoms with E-state index in [0.29, 0.717) is 25.0 Å². The number of rotatable bonds is 5. The first kappa shape index (κ1) is 21.0. The van der Waals surface area contributed by atoms with Crippen LogP contribution in [0.25, 0.3) is 0 Å². The summed E-state index contributed by atoms with van der Waals surface area (Å²) >= 11 is 0. The first-order valence-corrected chi connectivity index (χ1v) is 11.9. The number of nitrogens with zero attached hydrogens (tertiary/aromatic N) is 3. The highest BCUT2D eigenvalue weighted by atomic mass is 32.2. The highest BCUT2D eigenvalue weighted by Gasteiger charge is 2.33. The third-order valence-corrected chi connectivity index (χ3v) is 8.36. The molecule has 0 bridgehead atoms. The fourth-order valence-corrected chi connectivity index (χ4v) is 6.12. The van der Waals surface area contributed by atoms with Gasteiger partial charge in [0.25, 0.3) is 5.69 Å². The van der Waals surface area contributed by atoms with Crippen molar-refractivity contribution in [1.82, 2.24) is 9.21 Å². The summed E-state index contributed by atoms with van der Waals surface area (Å²) in [6.07, 6.45) is 4.65. The van der Waals surface area contributed by atoms with Crippen molar-refractivity contribution in [2.75, 3.05) is 26.2 Å². The molecule has 1 saturated heterocycles. The molecule has 2 aromatic carbocycles. The Kier molecular flexibility index (Phi) is 6.17. The molecule has 2 aliphatic rings. The monoisotopic (exact) mass is 429 g/mol. The van der Waals surface area contributed by atoms with E-state index in [4.69, 9.17) is 0 Å². The fraction of sp³-hybridized carbons (Fsp3) is 0.455. The minimum atomic E-state index is -3.62. The number of hydrogen-bond donors (Lipinski definition) is 0. The minimum absolute atomic E-state index is 0.107. The van der Waals surface area contributed by atoms with Gasteiger partial charge in [0.1, 0.15) is 0 Å². The van der Waals surface area contributed by atoms with E-state index in [0.717, 1.165) is 25.9 Å². The van der Waals surface area contributed by atoms with Gasteiger partial charge in [0, 0.05) is 44.4 Å². The topological polar surface area (TPSA) is 83.8 Å². The van der Waals surface area contributed by atoms with Gasteiger partial charge >= 0.3 is 0 Å². The molecular formula is C22H27N3O4S.